The highest BCUT2D eigenvalue weighted by Gasteiger charge is 2.04. The summed E-state index contributed by atoms with van der Waals surface area (Å²) in [7, 11) is 0. The maximum atomic E-state index is 8.66. The van der Waals surface area contributed by atoms with Crippen molar-refractivity contribution in [2.75, 3.05) is 6.54 Å². The Kier molecular flexibility index (Phi) is 5.87. The smallest absolute Gasteiger partial charge is 0.0952 e. The summed E-state index contributed by atoms with van der Waals surface area (Å²) in [5.41, 5.74) is 0. The Bertz CT molecular complexity index is 124. The summed E-state index contributed by atoms with van der Waals surface area (Å²) >= 11 is 0. The van der Waals surface area contributed by atoms with Crippen LogP contribution in [0, 0.1) is 17.2 Å². The van der Waals surface area contributed by atoms with Gasteiger partial charge in [-0.15, -0.1) is 0 Å². The van der Waals surface area contributed by atoms with Gasteiger partial charge >= 0.3 is 0 Å². The molecule has 2 nitrogen and oxygen atoms in total. The topological polar surface area (TPSA) is 35.8 Å². The van der Waals surface area contributed by atoms with Gasteiger partial charge < -0.3 is 5.32 Å². The molecule has 0 saturated carbocycles. The van der Waals surface area contributed by atoms with Gasteiger partial charge in [0.1, 0.15) is 0 Å². The molecule has 1 atom stereocenters. The van der Waals surface area contributed by atoms with Crippen LogP contribution in [0.15, 0.2) is 0 Å². The Labute approximate surface area is 69.6 Å². The molecule has 1 N–H and O–H groups in total. The molecule has 1 unspecified atom stereocenters. The van der Waals surface area contributed by atoms with E-state index in [1.807, 2.05) is 0 Å². The largest absolute Gasteiger partial charge is 0.302 e. The molecule has 0 aliphatic rings. The lowest BCUT2D eigenvalue weighted by Crippen LogP contribution is -2.30. The van der Waals surface area contributed by atoms with E-state index in [-0.39, 0.29) is 6.04 Å². The summed E-state index contributed by atoms with van der Waals surface area (Å²) in [6.07, 6.45) is 2.03. The highest BCUT2D eigenvalue weighted by Crippen LogP contribution is 1.96. The van der Waals surface area contributed by atoms with Crippen LogP contribution < -0.4 is 5.32 Å². The van der Waals surface area contributed by atoms with Gasteiger partial charge in [0.15, 0.2) is 0 Å². The maximum absolute atomic E-state index is 8.66. The molecule has 0 radical (unpaired) electrons. The molecule has 0 aromatic rings. The fourth-order valence-corrected chi connectivity index (χ4v) is 0.879. The fraction of sp³-hybridized carbons (Fsp3) is 0.889. The Hall–Kier alpha value is -0.550. The first kappa shape index (κ1) is 10.4. The molecular weight excluding hydrogens is 136 g/mol. The number of rotatable bonds is 5. The number of hydrogen-bond donors (Lipinski definition) is 1. The monoisotopic (exact) mass is 154 g/mol. The molecule has 0 saturated heterocycles. The normalized spacial score (nSPS) is 13.0. The van der Waals surface area contributed by atoms with Gasteiger partial charge in [-0.2, -0.15) is 5.26 Å². The average Bonchev–Trinajstić information content (AvgIpc) is 1.97. The summed E-state index contributed by atoms with van der Waals surface area (Å²) < 4.78 is 0. The van der Waals surface area contributed by atoms with Crippen LogP contribution in [-0.2, 0) is 0 Å². The van der Waals surface area contributed by atoms with Crippen LogP contribution in [0.25, 0.3) is 0 Å². The minimum absolute atomic E-state index is 0.0578. The Morgan fingerprint density at radius 3 is 2.45 bits per heavy atom. The number of hydrogen-bond acceptors (Lipinski definition) is 2. The number of nitriles is 1. The lowest BCUT2D eigenvalue weighted by atomic mass is 10.1. The Morgan fingerprint density at radius 2 is 2.09 bits per heavy atom. The molecule has 0 aliphatic heterocycles. The van der Waals surface area contributed by atoms with Crippen molar-refractivity contribution in [1.29, 1.82) is 5.26 Å². The summed E-state index contributed by atoms with van der Waals surface area (Å²) in [5, 5.41) is 11.9. The summed E-state index contributed by atoms with van der Waals surface area (Å²) in [5.74, 6) is 0.628. The Balaban J connectivity index is 3.46. The molecule has 11 heavy (non-hydrogen) atoms. The van der Waals surface area contributed by atoms with Crippen LogP contribution in [0.3, 0.4) is 0 Å². The third-order valence-electron chi connectivity index (χ3n) is 1.51. The van der Waals surface area contributed by atoms with Crippen molar-refractivity contribution in [3.8, 4) is 6.07 Å². The zero-order chi connectivity index (χ0) is 8.69. The van der Waals surface area contributed by atoms with E-state index in [2.05, 4.69) is 32.2 Å². The molecule has 64 valence electrons. The van der Waals surface area contributed by atoms with Gasteiger partial charge in [0.05, 0.1) is 12.1 Å². The average molecular weight is 154 g/mol. The van der Waals surface area contributed by atoms with Crippen molar-refractivity contribution >= 4 is 0 Å². The second-order valence-electron chi connectivity index (χ2n) is 3.27. The predicted molar refractivity (Wildman–Crippen MR) is 47.1 cm³/mol. The maximum Gasteiger partial charge on any atom is 0.0952 e. The van der Waals surface area contributed by atoms with Gasteiger partial charge in [0.2, 0.25) is 0 Å². The SMILES string of the molecule is CCCC(C#N)NCC(C)C. The van der Waals surface area contributed by atoms with Crippen LogP contribution in [0.4, 0.5) is 0 Å². The first-order chi connectivity index (χ1) is 5.20. The van der Waals surface area contributed by atoms with Crippen molar-refractivity contribution in [3.63, 3.8) is 0 Å². The number of nitrogens with one attached hydrogen (secondary N) is 1. The summed E-state index contributed by atoms with van der Waals surface area (Å²) in [6.45, 7) is 7.33. The summed E-state index contributed by atoms with van der Waals surface area (Å²) in [4.78, 5) is 0. The second kappa shape index (κ2) is 6.18. The van der Waals surface area contributed by atoms with Gasteiger partial charge in [-0.05, 0) is 18.9 Å². The van der Waals surface area contributed by atoms with E-state index < -0.39 is 0 Å². The van der Waals surface area contributed by atoms with E-state index in [0.717, 1.165) is 19.4 Å². The van der Waals surface area contributed by atoms with E-state index >= 15 is 0 Å². The van der Waals surface area contributed by atoms with Crippen LogP contribution in [0.1, 0.15) is 33.6 Å². The lowest BCUT2D eigenvalue weighted by molar-refractivity contribution is 0.494. The molecule has 0 rings (SSSR count). The molecule has 2 heteroatoms. The third kappa shape index (κ3) is 5.87. The second-order valence-corrected chi connectivity index (χ2v) is 3.27. The quantitative estimate of drug-likeness (QED) is 0.656. The highest BCUT2D eigenvalue weighted by atomic mass is 14.9. The van der Waals surface area contributed by atoms with Crippen molar-refractivity contribution in [2.24, 2.45) is 5.92 Å². The molecule has 0 aromatic heterocycles. The zero-order valence-corrected chi connectivity index (χ0v) is 7.72. The highest BCUT2D eigenvalue weighted by molar-refractivity contribution is 4.89. The van der Waals surface area contributed by atoms with E-state index in [0.29, 0.717) is 5.92 Å². The van der Waals surface area contributed by atoms with Crippen molar-refractivity contribution in [2.45, 2.75) is 39.7 Å². The van der Waals surface area contributed by atoms with Crippen LogP contribution in [-0.4, -0.2) is 12.6 Å². The zero-order valence-electron chi connectivity index (χ0n) is 7.72. The van der Waals surface area contributed by atoms with Gasteiger partial charge in [-0.25, -0.2) is 0 Å². The van der Waals surface area contributed by atoms with E-state index in [4.69, 9.17) is 5.26 Å². The molecule has 0 bridgehead atoms. The molecule has 0 spiro atoms. The van der Waals surface area contributed by atoms with Gasteiger partial charge in [-0.3, -0.25) is 0 Å². The first-order valence-corrected chi connectivity index (χ1v) is 4.33. The molecule has 0 amide bonds. The van der Waals surface area contributed by atoms with Crippen molar-refractivity contribution in [1.82, 2.24) is 5.32 Å². The van der Waals surface area contributed by atoms with E-state index in [9.17, 15) is 0 Å². The molecule has 0 aromatic carbocycles. The minimum Gasteiger partial charge on any atom is -0.302 e. The van der Waals surface area contributed by atoms with Gasteiger partial charge in [0, 0.05) is 0 Å². The van der Waals surface area contributed by atoms with Gasteiger partial charge in [-0.1, -0.05) is 27.2 Å². The lowest BCUT2D eigenvalue weighted by Gasteiger charge is -2.11. The molecular formula is C9H18N2. The van der Waals surface area contributed by atoms with E-state index in [1.165, 1.54) is 0 Å². The van der Waals surface area contributed by atoms with Crippen molar-refractivity contribution < 1.29 is 0 Å². The van der Waals surface area contributed by atoms with Gasteiger partial charge in [0.25, 0.3) is 0 Å². The molecule has 0 aliphatic carbocycles. The van der Waals surface area contributed by atoms with Crippen molar-refractivity contribution in [3.05, 3.63) is 0 Å². The fourth-order valence-electron chi connectivity index (χ4n) is 0.879. The summed E-state index contributed by atoms with van der Waals surface area (Å²) in [6, 6.07) is 2.30. The van der Waals surface area contributed by atoms with E-state index in [1.54, 1.807) is 0 Å². The standard InChI is InChI=1S/C9H18N2/c1-4-5-9(6-10)11-7-8(2)3/h8-9,11H,4-5,7H2,1-3H3. The Morgan fingerprint density at radius 1 is 1.45 bits per heavy atom. The van der Waals surface area contributed by atoms with Crippen LogP contribution in [0.2, 0.25) is 0 Å². The molecule has 0 heterocycles. The molecule has 0 fully saturated rings. The number of nitrogens with zero attached hydrogens (tertiary/aromatic N) is 1. The third-order valence-corrected chi connectivity index (χ3v) is 1.51. The first-order valence-electron chi connectivity index (χ1n) is 4.33. The van der Waals surface area contributed by atoms with Crippen LogP contribution in [0.5, 0.6) is 0 Å². The predicted octanol–water partition coefficient (Wildman–Crippen LogP) is 1.92. The minimum atomic E-state index is 0.0578. The van der Waals surface area contributed by atoms with Crippen LogP contribution >= 0.6 is 0 Å².